The first-order valence-electron chi connectivity index (χ1n) is 7.79. The molecule has 0 saturated carbocycles. The second-order valence-electron chi connectivity index (χ2n) is 5.47. The zero-order valence-corrected chi connectivity index (χ0v) is 14.6. The number of nitrogens with one attached hydrogen (secondary N) is 2. The SMILES string of the molecule is CC(NC(=O)c1ccc(F)cc1)C(=O)Nc1nnc(-c2ccccc2)s1. The highest BCUT2D eigenvalue weighted by molar-refractivity contribution is 7.18. The van der Waals surface area contributed by atoms with Gasteiger partial charge in [0.25, 0.3) is 5.91 Å². The molecule has 2 N–H and O–H groups in total. The Morgan fingerprint density at radius 3 is 2.42 bits per heavy atom. The highest BCUT2D eigenvalue weighted by atomic mass is 32.1. The number of nitrogens with zero attached hydrogens (tertiary/aromatic N) is 2. The van der Waals surface area contributed by atoms with Crippen molar-refractivity contribution >= 4 is 28.3 Å². The third kappa shape index (κ3) is 4.28. The summed E-state index contributed by atoms with van der Waals surface area (Å²) in [7, 11) is 0. The van der Waals surface area contributed by atoms with Crippen LogP contribution in [0.25, 0.3) is 10.6 Å². The first-order valence-corrected chi connectivity index (χ1v) is 8.61. The molecule has 2 aromatic carbocycles. The van der Waals surface area contributed by atoms with Crippen molar-refractivity contribution in [3.8, 4) is 10.6 Å². The van der Waals surface area contributed by atoms with E-state index < -0.39 is 23.7 Å². The number of carbonyl (C=O) groups excluding carboxylic acids is 2. The van der Waals surface area contributed by atoms with Crippen LogP contribution in [0.3, 0.4) is 0 Å². The van der Waals surface area contributed by atoms with Crippen LogP contribution in [-0.2, 0) is 4.79 Å². The molecule has 0 aliphatic carbocycles. The van der Waals surface area contributed by atoms with Crippen LogP contribution in [0.2, 0.25) is 0 Å². The van der Waals surface area contributed by atoms with E-state index in [-0.39, 0.29) is 5.56 Å². The Labute approximate surface area is 153 Å². The minimum absolute atomic E-state index is 0.272. The molecule has 1 heterocycles. The maximum Gasteiger partial charge on any atom is 0.251 e. The summed E-state index contributed by atoms with van der Waals surface area (Å²) in [6.45, 7) is 1.55. The molecule has 2 amide bonds. The highest BCUT2D eigenvalue weighted by Gasteiger charge is 2.18. The molecule has 0 radical (unpaired) electrons. The minimum Gasteiger partial charge on any atom is -0.341 e. The molecule has 0 saturated heterocycles. The van der Waals surface area contributed by atoms with Gasteiger partial charge in [0.1, 0.15) is 16.9 Å². The molecule has 3 aromatic rings. The number of aromatic nitrogens is 2. The first-order chi connectivity index (χ1) is 12.5. The molecule has 0 aliphatic rings. The van der Waals surface area contributed by atoms with Crippen molar-refractivity contribution in [3.05, 3.63) is 66.0 Å². The molecule has 3 rings (SSSR count). The summed E-state index contributed by atoms with van der Waals surface area (Å²) in [4.78, 5) is 24.3. The van der Waals surface area contributed by atoms with Crippen molar-refractivity contribution in [2.24, 2.45) is 0 Å². The highest BCUT2D eigenvalue weighted by Crippen LogP contribution is 2.25. The van der Waals surface area contributed by atoms with E-state index in [0.29, 0.717) is 10.1 Å². The van der Waals surface area contributed by atoms with Gasteiger partial charge in [0, 0.05) is 11.1 Å². The number of hydrogen-bond donors (Lipinski definition) is 2. The smallest absolute Gasteiger partial charge is 0.251 e. The van der Waals surface area contributed by atoms with Gasteiger partial charge in [0.2, 0.25) is 11.0 Å². The molecule has 26 heavy (non-hydrogen) atoms. The van der Waals surface area contributed by atoms with Gasteiger partial charge in [-0.15, -0.1) is 10.2 Å². The lowest BCUT2D eigenvalue weighted by Crippen LogP contribution is -2.41. The number of anilines is 1. The van der Waals surface area contributed by atoms with Crippen molar-refractivity contribution in [2.45, 2.75) is 13.0 Å². The molecular weight excluding hydrogens is 355 g/mol. The van der Waals surface area contributed by atoms with Crippen LogP contribution in [0.1, 0.15) is 17.3 Å². The van der Waals surface area contributed by atoms with Crippen LogP contribution in [0, 0.1) is 5.82 Å². The van der Waals surface area contributed by atoms with Gasteiger partial charge in [-0.2, -0.15) is 0 Å². The zero-order chi connectivity index (χ0) is 18.5. The number of amides is 2. The summed E-state index contributed by atoms with van der Waals surface area (Å²) < 4.78 is 12.9. The van der Waals surface area contributed by atoms with Crippen molar-refractivity contribution < 1.29 is 14.0 Å². The largest absolute Gasteiger partial charge is 0.341 e. The molecule has 8 heteroatoms. The summed E-state index contributed by atoms with van der Waals surface area (Å²) >= 11 is 1.24. The second-order valence-corrected chi connectivity index (χ2v) is 6.45. The van der Waals surface area contributed by atoms with Gasteiger partial charge in [-0.05, 0) is 31.2 Å². The molecular formula is C18H15FN4O2S. The van der Waals surface area contributed by atoms with Crippen LogP contribution in [0.5, 0.6) is 0 Å². The van der Waals surface area contributed by atoms with Crippen LogP contribution >= 0.6 is 11.3 Å². The van der Waals surface area contributed by atoms with E-state index in [0.717, 1.165) is 5.56 Å². The summed E-state index contributed by atoms with van der Waals surface area (Å²) in [5, 5.41) is 14.2. The fourth-order valence-corrected chi connectivity index (χ4v) is 2.88. The molecule has 0 spiro atoms. The van der Waals surface area contributed by atoms with Crippen molar-refractivity contribution in [2.75, 3.05) is 5.32 Å². The molecule has 0 bridgehead atoms. The van der Waals surface area contributed by atoms with Gasteiger partial charge >= 0.3 is 0 Å². The van der Waals surface area contributed by atoms with E-state index in [1.54, 1.807) is 6.92 Å². The Balaban J connectivity index is 1.60. The average molecular weight is 370 g/mol. The quantitative estimate of drug-likeness (QED) is 0.723. The van der Waals surface area contributed by atoms with Crippen molar-refractivity contribution in [3.63, 3.8) is 0 Å². The van der Waals surface area contributed by atoms with Crippen LogP contribution in [-0.4, -0.2) is 28.1 Å². The van der Waals surface area contributed by atoms with Crippen LogP contribution in [0.4, 0.5) is 9.52 Å². The molecule has 6 nitrogen and oxygen atoms in total. The Kier molecular flexibility index (Phi) is 5.33. The van der Waals surface area contributed by atoms with Crippen molar-refractivity contribution in [1.29, 1.82) is 0 Å². The number of hydrogen-bond acceptors (Lipinski definition) is 5. The second kappa shape index (κ2) is 7.83. The number of halogens is 1. The van der Waals surface area contributed by atoms with E-state index in [9.17, 15) is 14.0 Å². The Morgan fingerprint density at radius 2 is 1.73 bits per heavy atom. The summed E-state index contributed by atoms with van der Waals surface area (Å²) in [6, 6.07) is 13.8. The Morgan fingerprint density at radius 1 is 1.04 bits per heavy atom. The van der Waals surface area contributed by atoms with Crippen molar-refractivity contribution in [1.82, 2.24) is 15.5 Å². The lowest BCUT2D eigenvalue weighted by molar-refractivity contribution is -0.117. The van der Waals surface area contributed by atoms with Gasteiger partial charge in [-0.1, -0.05) is 41.7 Å². The predicted octanol–water partition coefficient (Wildman–Crippen LogP) is 3.10. The monoisotopic (exact) mass is 370 g/mol. The third-order valence-electron chi connectivity index (χ3n) is 3.52. The van der Waals surface area contributed by atoms with E-state index in [1.165, 1.54) is 35.6 Å². The van der Waals surface area contributed by atoms with Gasteiger partial charge in [0.15, 0.2) is 0 Å². The minimum atomic E-state index is -0.795. The summed E-state index contributed by atoms with van der Waals surface area (Å²) in [6.07, 6.45) is 0. The zero-order valence-electron chi connectivity index (χ0n) is 13.8. The van der Waals surface area contributed by atoms with Gasteiger partial charge < -0.3 is 5.32 Å². The van der Waals surface area contributed by atoms with Gasteiger partial charge in [-0.25, -0.2) is 4.39 Å². The molecule has 1 aromatic heterocycles. The number of rotatable bonds is 5. The van der Waals surface area contributed by atoms with Crippen LogP contribution in [0.15, 0.2) is 54.6 Å². The molecule has 1 atom stereocenters. The lowest BCUT2D eigenvalue weighted by atomic mass is 10.2. The first kappa shape index (κ1) is 17.7. The standard InChI is InChI=1S/C18H15FN4O2S/c1-11(20-16(25)12-7-9-14(19)10-8-12)15(24)21-18-23-22-17(26-18)13-5-3-2-4-6-13/h2-11H,1H3,(H,20,25)(H,21,23,24). The normalized spacial score (nSPS) is 11.6. The lowest BCUT2D eigenvalue weighted by Gasteiger charge is -2.12. The average Bonchev–Trinajstić information content (AvgIpc) is 3.11. The van der Waals surface area contributed by atoms with E-state index in [4.69, 9.17) is 0 Å². The molecule has 1 unspecified atom stereocenters. The van der Waals surface area contributed by atoms with Crippen LogP contribution < -0.4 is 10.6 Å². The fourth-order valence-electron chi connectivity index (χ4n) is 2.13. The van der Waals surface area contributed by atoms with E-state index >= 15 is 0 Å². The van der Waals surface area contributed by atoms with E-state index in [1.807, 2.05) is 30.3 Å². The third-order valence-corrected chi connectivity index (χ3v) is 4.41. The van der Waals surface area contributed by atoms with Gasteiger partial charge in [-0.3, -0.25) is 14.9 Å². The maximum atomic E-state index is 12.9. The Bertz CT molecular complexity index is 912. The predicted molar refractivity (Wildman–Crippen MR) is 97.3 cm³/mol. The number of carbonyl (C=O) groups is 2. The summed E-state index contributed by atoms with van der Waals surface area (Å²) in [5.74, 6) is -1.32. The summed E-state index contributed by atoms with van der Waals surface area (Å²) in [5.41, 5.74) is 1.18. The Hall–Kier alpha value is -3.13. The molecule has 132 valence electrons. The van der Waals surface area contributed by atoms with E-state index in [2.05, 4.69) is 20.8 Å². The molecule has 0 fully saturated rings. The maximum absolute atomic E-state index is 12.9. The number of benzene rings is 2. The van der Waals surface area contributed by atoms with Gasteiger partial charge in [0.05, 0.1) is 0 Å². The fraction of sp³-hybridized carbons (Fsp3) is 0.111. The molecule has 0 aliphatic heterocycles. The topological polar surface area (TPSA) is 84.0 Å².